The molecule has 12 heteroatoms. The Morgan fingerprint density at radius 1 is 0.725 bits per heavy atom. The molecule has 0 aliphatic carbocycles. The first-order valence-electron chi connectivity index (χ1n) is 14.3. The van der Waals surface area contributed by atoms with E-state index in [1.165, 1.54) is 0 Å². The van der Waals surface area contributed by atoms with Crippen LogP contribution in [0.4, 0.5) is 0 Å². The van der Waals surface area contributed by atoms with E-state index in [0.29, 0.717) is 25.0 Å². The number of thioether (sulfide) groups is 1. The zero-order valence-electron chi connectivity index (χ0n) is 25.7. The number of rotatable bonds is 19. The first-order valence-corrected chi connectivity index (χ1v) is 15.7. The Labute approximate surface area is 244 Å². The normalized spacial score (nSPS) is 16.7. The van der Waals surface area contributed by atoms with Crippen LogP contribution in [0.3, 0.4) is 0 Å². The molecule has 7 N–H and O–H groups in total. The summed E-state index contributed by atoms with van der Waals surface area (Å²) in [6.07, 6.45) is 3.80. The highest BCUT2D eigenvalue weighted by molar-refractivity contribution is 7.98. The Morgan fingerprint density at radius 3 is 1.55 bits per heavy atom. The van der Waals surface area contributed by atoms with Crippen LogP contribution < -0.4 is 27.0 Å². The number of hydrogen-bond donors (Lipinski definition) is 6. The SMILES string of the molecule is CCC(C)C(NC(=O)C(N)CCSC)C(=O)NC(C(=O)NC(C(=O)NC(CC(C)C)C(=O)O)C(C)CC)C(C)C. The largest absolute Gasteiger partial charge is 0.480 e. The van der Waals surface area contributed by atoms with Crippen LogP contribution in [0, 0.1) is 23.7 Å². The molecule has 40 heavy (non-hydrogen) atoms. The van der Waals surface area contributed by atoms with E-state index in [4.69, 9.17) is 5.73 Å². The predicted octanol–water partition coefficient (Wildman–Crippen LogP) is 1.88. The Hall–Kier alpha value is -2.34. The molecule has 232 valence electrons. The second-order valence-electron chi connectivity index (χ2n) is 11.4. The van der Waals surface area contributed by atoms with Gasteiger partial charge in [0.1, 0.15) is 24.2 Å². The molecule has 0 aliphatic heterocycles. The molecule has 0 bridgehead atoms. The third-order valence-electron chi connectivity index (χ3n) is 7.12. The Bertz CT molecular complexity index is 840. The van der Waals surface area contributed by atoms with E-state index in [2.05, 4.69) is 21.3 Å². The first kappa shape index (κ1) is 37.7. The molecule has 0 heterocycles. The van der Waals surface area contributed by atoms with Crippen LogP contribution in [-0.4, -0.2) is 76.9 Å². The van der Waals surface area contributed by atoms with Crippen LogP contribution in [0.15, 0.2) is 0 Å². The van der Waals surface area contributed by atoms with E-state index in [1.54, 1.807) is 32.5 Å². The van der Waals surface area contributed by atoms with E-state index < -0.39 is 59.8 Å². The number of aliphatic carboxylic acids is 1. The molecule has 0 rings (SSSR count). The second-order valence-corrected chi connectivity index (χ2v) is 12.4. The number of carbonyl (C=O) groups excluding carboxylic acids is 4. The van der Waals surface area contributed by atoms with Gasteiger partial charge in [-0.3, -0.25) is 19.2 Å². The first-order chi connectivity index (χ1) is 18.6. The summed E-state index contributed by atoms with van der Waals surface area (Å²) in [6.45, 7) is 14.6. The Balaban J connectivity index is 5.80. The maximum Gasteiger partial charge on any atom is 0.326 e. The van der Waals surface area contributed by atoms with Gasteiger partial charge in [0.05, 0.1) is 6.04 Å². The lowest BCUT2D eigenvalue weighted by atomic mass is 9.94. The molecule has 4 amide bonds. The predicted molar refractivity (Wildman–Crippen MR) is 160 cm³/mol. The molecular weight excluding hydrogens is 534 g/mol. The van der Waals surface area contributed by atoms with Crippen molar-refractivity contribution in [1.82, 2.24) is 21.3 Å². The van der Waals surface area contributed by atoms with Crippen molar-refractivity contribution in [2.24, 2.45) is 29.4 Å². The van der Waals surface area contributed by atoms with Crippen molar-refractivity contribution in [2.45, 2.75) is 111 Å². The lowest BCUT2D eigenvalue weighted by molar-refractivity contribution is -0.143. The van der Waals surface area contributed by atoms with Crippen molar-refractivity contribution in [3.8, 4) is 0 Å². The van der Waals surface area contributed by atoms with Gasteiger partial charge in [0.15, 0.2) is 0 Å². The standard InChI is InChI=1S/C28H53N5O6S/c1-10-17(7)22(26(36)30-20(28(38)39)14-15(3)4)33-25(35)21(16(5)6)31-27(37)23(18(8)11-2)32-24(34)19(29)12-13-40-9/h15-23H,10-14,29H2,1-9H3,(H,30,36)(H,31,37)(H,32,34)(H,33,35)(H,38,39). The highest BCUT2D eigenvalue weighted by Gasteiger charge is 2.35. The summed E-state index contributed by atoms with van der Waals surface area (Å²) in [4.78, 5) is 64.3. The van der Waals surface area contributed by atoms with Crippen LogP contribution in [-0.2, 0) is 24.0 Å². The number of carboxylic acids is 1. The molecule has 0 radical (unpaired) electrons. The summed E-state index contributed by atoms with van der Waals surface area (Å²) in [5, 5.41) is 20.4. The average Bonchev–Trinajstić information content (AvgIpc) is 2.89. The number of hydrogen-bond acceptors (Lipinski definition) is 7. The zero-order valence-corrected chi connectivity index (χ0v) is 26.5. The van der Waals surface area contributed by atoms with Crippen molar-refractivity contribution >= 4 is 41.4 Å². The summed E-state index contributed by atoms with van der Waals surface area (Å²) in [5.41, 5.74) is 6.00. The fourth-order valence-electron chi connectivity index (χ4n) is 4.02. The molecule has 0 aromatic heterocycles. The van der Waals surface area contributed by atoms with Gasteiger partial charge in [-0.25, -0.2) is 4.79 Å². The molecule has 7 atom stereocenters. The highest BCUT2D eigenvalue weighted by atomic mass is 32.2. The molecule has 0 aliphatic rings. The third kappa shape index (κ3) is 12.9. The van der Waals surface area contributed by atoms with E-state index in [9.17, 15) is 29.1 Å². The summed E-state index contributed by atoms with van der Waals surface area (Å²) in [7, 11) is 0. The van der Waals surface area contributed by atoms with E-state index >= 15 is 0 Å². The number of amides is 4. The smallest absolute Gasteiger partial charge is 0.326 e. The molecule has 0 aromatic rings. The molecule has 0 saturated carbocycles. The fraction of sp³-hybridized carbons (Fsp3) is 0.821. The van der Waals surface area contributed by atoms with Crippen LogP contribution >= 0.6 is 11.8 Å². The summed E-state index contributed by atoms with van der Waals surface area (Å²) in [5.74, 6) is -3.35. The minimum absolute atomic E-state index is 0.0395. The van der Waals surface area contributed by atoms with Crippen LogP contribution in [0.1, 0.15) is 81.1 Å². The van der Waals surface area contributed by atoms with E-state index in [-0.39, 0.29) is 30.1 Å². The summed E-state index contributed by atoms with van der Waals surface area (Å²) < 4.78 is 0. The molecular formula is C28H53N5O6S. The Morgan fingerprint density at radius 2 is 1.15 bits per heavy atom. The molecule has 0 saturated heterocycles. The summed E-state index contributed by atoms with van der Waals surface area (Å²) >= 11 is 1.57. The number of nitrogens with one attached hydrogen (secondary N) is 4. The van der Waals surface area contributed by atoms with Gasteiger partial charge in [-0.1, -0.05) is 68.2 Å². The van der Waals surface area contributed by atoms with Gasteiger partial charge in [-0.15, -0.1) is 0 Å². The van der Waals surface area contributed by atoms with Crippen LogP contribution in [0.5, 0.6) is 0 Å². The van der Waals surface area contributed by atoms with Crippen molar-refractivity contribution in [3.05, 3.63) is 0 Å². The number of carboxylic acid groups (broad SMARTS) is 1. The third-order valence-corrected chi connectivity index (χ3v) is 7.77. The van der Waals surface area contributed by atoms with E-state index in [0.717, 1.165) is 0 Å². The van der Waals surface area contributed by atoms with Crippen molar-refractivity contribution in [2.75, 3.05) is 12.0 Å². The maximum atomic E-state index is 13.4. The summed E-state index contributed by atoms with van der Waals surface area (Å²) in [6, 6.07) is -4.72. The second kappa shape index (κ2) is 18.9. The van der Waals surface area contributed by atoms with Gasteiger partial charge in [-0.2, -0.15) is 11.8 Å². The molecule has 11 nitrogen and oxygen atoms in total. The minimum atomic E-state index is -1.14. The molecule has 0 spiro atoms. The van der Waals surface area contributed by atoms with Gasteiger partial charge in [0, 0.05) is 0 Å². The van der Waals surface area contributed by atoms with Crippen LogP contribution in [0.2, 0.25) is 0 Å². The maximum absolute atomic E-state index is 13.4. The lowest BCUT2D eigenvalue weighted by Gasteiger charge is -2.31. The molecule has 0 aromatic carbocycles. The van der Waals surface area contributed by atoms with Gasteiger partial charge in [-0.05, 0) is 48.5 Å². The Kier molecular flexibility index (Phi) is 17.8. The average molecular weight is 588 g/mol. The topological polar surface area (TPSA) is 180 Å². The highest BCUT2D eigenvalue weighted by Crippen LogP contribution is 2.14. The zero-order chi connectivity index (χ0) is 31.2. The van der Waals surface area contributed by atoms with Gasteiger partial charge < -0.3 is 32.1 Å². The van der Waals surface area contributed by atoms with Crippen molar-refractivity contribution < 1.29 is 29.1 Å². The fourth-order valence-corrected chi connectivity index (χ4v) is 4.51. The molecule has 7 unspecified atom stereocenters. The van der Waals surface area contributed by atoms with Crippen LogP contribution in [0.25, 0.3) is 0 Å². The van der Waals surface area contributed by atoms with Gasteiger partial charge in [0.25, 0.3) is 0 Å². The molecule has 0 fully saturated rings. The van der Waals surface area contributed by atoms with Crippen molar-refractivity contribution in [3.63, 3.8) is 0 Å². The lowest BCUT2D eigenvalue weighted by Crippen LogP contribution is -2.61. The number of carbonyl (C=O) groups is 5. The van der Waals surface area contributed by atoms with E-state index in [1.807, 2.05) is 40.9 Å². The van der Waals surface area contributed by atoms with Gasteiger partial charge >= 0.3 is 5.97 Å². The monoisotopic (exact) mass is 587 g/mol. The number of nitrogens with two attached hydrogens (primary N) is 1. The van der Waals surface area contributed by atoms with Gasteiger partial charge in [0.2, 0.25) is 23.6 Å². The van der Waals surface area contributed by atoms with Crippen molar-refractivity contribution in [1.29, 1.82) is 0 Å². The quantitative estimate of drug-likeness (QED) is 0.133. The minimum Gasteiger partial charge on any atom is -0.480 e.